The maximum Gasteiger partial charge on any atom is 0.322 e. The minimum absolute atomic E-state index is 0.0569. The molecule has 0 saturated carbocycles. The van der Waals surface area contributed by atoms with E-state index in [0.717, 1.165) is 89.9 Å². The van der Waals surface area contributed by atoms with E-state index in [1.807, 2.05) is 0 Å². The molecule has 0 aliphatic heterocycles. The fraction of sp³-hybridized carbons (Fsp3) is 0.625. The summed E-state index contributed by atoms with van der Waals surface area (Å²) in [5.41, 5.74) is 0. The first kappa shape index (κ1) is 42.9. The molecule has 6 nitrogen and oxygen atoms in total. The first-order valence-electron chi connectivity index (χ1n) is 18.1. The minimum Gasteiger partial charge on any atom is -0.480 e. The molecule has 1 atom stereocenters. The highest BCUT2D eigenvalue weighted by molar-refractivity contribution is 5.80. The number of carbonyl (C=O) groups is 3. The lowest BCUT2D eigenvalue weighted by Gasteiger charge is -2.17. The van der Waals surface area contributed by atoms with Gasteiger partial charge < -0.3 is 15.2 Å². The van der Waals surface area contributed by atoms with Gasteiger partial charge in [-0.25, -0.2) is 0 Å². The molecule has 2 N–H and O–H groups in total. The molecular formula is C40H65NO5. The van der Waals surface area contributed by atoms with E-state index < -0.39 is 5.97 Å². The van der Waals surface area contributed by atoms with Crippen LogP contribution < -0.4 is 5.32 Å². The predicted molar refractivity (Wildman–Crippen MR) is 194 cm³/mol. The zero-order valence-corrected chi connectivity index (χ0v) is 29.1. The first-order valence-corrected chi connectivity index (χ1v) is 18.1. The number of unbranched alkanes of at least 4 members (excludes halogenated alkanes) is 8. The van der Waals surface area contributed by atoms with Crippen molar-refractivity contribution in [3.8, 4) is 0 Å². The molecule has 46 heavy (non-hydrogen) atoms. The average molecular weight is 640 g/mol. The van der Waals surface area contributed by atoms with Crippen LogP contribution in [0.2, 0.25) is 0 Å². The lowest BCUT2D eigenvalue weighted by atomic mass is 10.0. The van der Waals surface area contributed by atoms with Crippen LogP contribution in [0.15, 0.2) is 72.9 Å². The molecule has 0 aliphatic rings. The van der Waals surface area contributed by atoms with Crippen molar-refractivity contribution < 1.29 is 24.2 Å². The first-order chi connectivity index (χ1) is 22.5. The number of aliphatic carboxylic acids is 1. The topological polar surface area (TPSA) is 92.7 Å². The quantitative estimate of drug-likeness (QED) is 0.0447. The number of ether oxygens (including phenoxy) is 1. The summed E-state index contributed by atoms with van der Waals surface area (Å²) < 4.78 is 5.92. The van der Waals surface area contributed by atoms with E-state index in [9.17, 15) is 14.4 Å². The highest BCUT2D eigenvalue weighted by Gasteiger charge is 2.13. The Hall–Kier alpha value is -3.15. The average Bonchev–Trinajstić information content (AvgIpc) is 3.04. The number of carboxylic acids is 1. The Labute approximate surface area is 281 Å². The molecule has 0 aromatic heterocycles. The number of nitrogens with one attached hydrogen (secondary N) is 1. The van der Waals surface area contributed by atoms with Crippen LogP contribution in [0.5, 0.6) is 0 Å². The molecule has 260 valence electrons. The number of hydrogen-bond donors (Lipinski definition) is 2. The molecule has 1 unspecified atom stereocenters. The van der Waals surface area contributed by atoms with Gasteiger partial charge in [-0.05, 0) is 89.9 Å². The number of allylic oxidation sites excluding steroid dienone is 12. The monoisotopic (exact) mass is 639 g/mol. The van der Waals surface area contributed by atoms with Crippen LogP contribution in [0.4, 0.5) is 0 Å². The summed E-state index contributed by atoms with van der Waals surface area (Å²) in [4.78, 5) is 34.8. The Kier molecular flexibility index (Phi) is 32.3. The van der Waals surface area contributed by atoms with E-state index in [4.69, 9.17) is 9.84 Å². The Morgan fingerprint density at radius 1 is 0.587 bits per heavy atom. The van der Waals surface area contributed by atoms with Crippen molar-refractivity contribution in [3.05, 3.63) is 72.9 Å². The van der Waals surface area contributed by atoms with E-state index in [0.29, 0.717) is 19.3 Å². The van der Waals surface area contributed by atoms with Crippen molar-refractivity contribution in [2.45, 2.75) is 155 Å². The number of amides is 1. The summed E-state index contributed by atoms with van der Waals surface area (Å²) >= 11 is 0. The summed E-state index contributed by atoms with van der Waals surface area (Å²) in [6.07, 6.45) is 45.9. The maximum atomic E-state index is 12.6. The largest absolute Gasteiger partial charge is 0.480 e. The molecular weight excluding hydrogens is 574 g/mol. The van der Waals surface area contributed by atoms with Gasteiger partial charge in [-0.2, -0.15) is 0 Å². The summed E-state index contributed by atoms with van der Waals surface area (Å²) in [7, 11) is 0. The molecule has 0 aromatic carbocycles. The lowest BCUT2D eigenvalue weighted by molar-refractivity contribution is -0.149. The van der Waals surface area contributed by atoms with Gasteiger partial charge in [0.05, 0.1) is 0 Å². The third-order valence-corrected chi connectivity index (χ3v) is 7.38. The van der Waals surface area contributed by atoms with Crippen molar-refractivity contribution in [1.29, 1.82) is 0 Å². The van der Waals surface area contributed by atoms with Gasteiger partial charge in [-0.15, -0.1) is 0 Å². The molecule has 0 saturated heterocycles. The van der Waals surface area contributed by atoms with Gasteiger partial charge in [0, 0.05) is 12.8 Å². The van der Waals surface area contributed by atoms with Gasteiger partial charge in [0.2, 0.25) is 5.91 Å². The summed E-state index contributed by atoms with van der Waals surface area (Å²) in [6.45, 7) is 4.04. The molecule has 0 heterocycles. The Morgan fingerprint density at radius 3 is 1.72 bits per heavy atom. The number of hydrogen-bond acceptors (Lipinski definition) is 4. The smallest absolute Gasteiger partial charge is 0.322 e. The predicted octanol–water partition coefficient (Wildman–Crippen LogP) is 10.7. The zero-order chi connectivity index (χ0) is 33.8. The fourth-order valence-electron chi connectivity index (χ4n) is 4.74. The second kappa shape index (κ2) is 34.7. The summed E-state index contributed by atoms with van der Waals surface area (Å²) in [6, 6.07) is 0. The van der Waals surface area contributed by atoms with Crippen LogP contribution >= 0.6 is 0 Å². The van der Waals surface area contributed by atoms with Crippen molar-refractivity contribution >= 4 is 17.8 Å². The van der Waals surface area contributed by atoms with Gasteiger partial charge in [0.15, 0.2) is 0 Å². The second-order valence-electron chi connectivity index (χ2n) is 11.7. The second-order valence-corrected chi connectivity index (χ2v) is 11.7. The molecule has 0 spiro atoms. The highest BCUT2D eigenvalue weighted by Crippen LogP contribution is 2.17. The van der Waals surface area contributed by atoms with Gasteiger partial charge >= 0.3 is 11.9 Å². The molecule has 0 aliphatic carbocycles. The molecule has 6 heteroatoms. The van der Waals surface area contributed by atoms with E-state index >= 15 is 0 Å². The van der Waals surface area contributed by atoms with E-state index in [1.165, 1.54) is 25.7 Å². The molecule has 0 rings (SSSR count). The van der Waals surface area contributed by atoms with Crippen molar-refractivity contribution in [1.82, 2.24) is 5.32 Å². The van der Waals surface area contributed by atoms with Crippen molar-refractivity contribution in [2.24, 2.45) is 0 Å². The molecule has 0 bridgehead atoms. The van der Waals surface area contributed by atoms with Crippen LogP contribution in [0.1, 0.15) is 149 Å². The maximum absolute atomic E-state index is 12.6. The summed E-state index contributed by atoms with van der Waals surface area (Å²) in [5.74, 6) is -1.36. The van der Waals surface area contributed by atoms with Gasteiger partial charge in [-0.3, -0.25) is 14.4 Å². The van der Waals surface area contributed by atoms with Gasteiger partial charge in [-0.1, -0.05) is 119 Å². The normalized spacial score (nSPS) is 12.9. The Morgan fingerprint density at radius 2 is 1.11 bits per heavy atom. The molecule has 0 aromatic rings. The Balaban J connectivity index is 4.41. The van der Waals surface area contributed by atoms with Crippen LogP contribution in [-0.4, -0.2) is 35.6 Å². The zero-order valence-electron chi connectivity index (χ0n) is 29.1. The van der Waals surface area contributed by atoms with Crippen LogP contribution in [0, 0.1) is 0 Å². The van der Waals surface area contributed by atoms with Gasteiger partial charge in [0.25, 0.3) is 0 Å². The minimum atomic E-state index is -1.03. The van der Waals surface area contributed by atoms with Crippen LogP contribution in [0.25, 0.3) is 0 Å². The number of carbonyl (C=O) groups excluding carboxylic acids is 2. The molecule has 1 amide bonds. The third-order valence-electron chi connectivity index (χ3n) is 7.38. The van der Waals surface area contributed by atoms with Crippen molar-refractivity contribution in [2.75, 3.05) is 6.54 Å². The standard InChI is InChI=1S/C40H65NO5/c1-3-5-7-9-11-13-15-16-18-20-22-27-31-35-40(45)46-37(32-28-24-21-19-17-14-12-10-8-6-4-2)33-29-25-23-26-30-34-38(42)41-36-39(43)44/h5,7,11-14,16,18-19,21-22,27,37H,3-4,6,8-10,15,17,20,23-26,28-36H2,1-2H3,(H,41,42)(H,43,44)/b7-5-,13-11-,14-12-,18-16-,21-19-,27-22-. The fourth-order valence-corrected chi connectivity index (χ4v) is 4.74. The third kappa shape index (κ3) is 33.7. The lowest BCUT2D eigenvalue weighted by Crippen LogP contribution is -2.28. The van der Waals surface area contributed by atoms with Crippen LogP contribution in [0.3, 0.4) is 0 Å². The number of carboxylic acid groups (broad SMARTS) is 1. The summed E-state index contributed by atoms with van der Waals surface area (Å²) in [5, 5.41) is 11.0. The highest BCUT2D eigenvalue weighted by atomic mass is 16.5. The number of rotatable bonds is 31. The van der Waals surface area contributed by atoms with Gasteiger partial charge in [0.1, 0.15) is 12.6 Å². The van der Waals surface area contributed by atoms with E-state index in [-0.39, 0.29) is 24.5 Å². The van der Waals surface area contributed by atoms with E-state index in [1.54, 1.807) is 0 Å². The molecule has 0 fully saturated rings. The van der Waals surface area contributed by atoms with Crippen molar-refractivity contribution in [3.63, 3.8) is 0 Å². The van der Waals surface area contributed by atoms with E-state index in [2.05, 4.69) is 92.1 Å². The van der Waals surface area contributed by atoms with Crippen LogP contribution in [-0.2, 0) is 19.1 Å². The number of esters is 1. The molecule has 0 radical (unpaired) electrons. The SMILES string of the molecule is CC/C=C\C/C=C\C/C=C\C/C=C\CCC(=O)OC(CCC/C=C\C/C=C\CCCCC)CCCCCCCC(=O)NCC(=O)O. The Bertz CT molecular complexity index is 928.